The molecule has 0 radical (unpaired) electrons. The third kappa shape index (κ3) is 5.72. The van der Waals surface area contributed by atoms with E-state index >= 15 is 0 Å². The van der Waals surface area contributed by atoms with Gasteiger partial charge in [0.05, 0.1) is 12.3 Å². The van der Waals surface area contributed by atoms with Gasteiger partial charge in [-0.05, 0) is 56.2 Å². The van der Waals surface area contributed by atoms with Gasteiger partial charge in [-0.3, -0.25) is 14.5 Å². The van der Waals surface area contributed by atoms with Gasteiger partial charge in [-0.1, -0.05) is 30.3 Å². The van der Waals surface area contributed by atoms with Gasteiger partial charge in [0.1, 0.15) is 11.8 Å². The summed E-state index contributed by atoms with van der Waals surface area (Å²) in [5.74, 6) is 0.715. The van der Waals surface area contributed by atoms with Crippen molar-refractivity contribution >= 4 is 5.91 Å². The van der Waals surface area contributed by atoms with Crippen molar-refractivity contribution in [1.29, 1.82) is 0 Å². The minimum atomic E-state index is -0.661. The largest absolute Gasteiger partial charge is 0.494 e. The second-order valence-electron chi connectivity index (χ2n) is 8.54. The summed E-state index contributed by atoms with van der Waals surface area (Å²) in [4.78, 5) is 30.0. The Morgan fingerprint density at radius 1 is 0.971 bits per heavy atom. The highest BCUT2D eigenvalue weighted by atomic mass is 16.5. The molecule has 1 atom stereocenters. The first-order valence-corrected chi connectivity index (χ1v) is 11.9. The predicted molar refractivity (Wildman–Crippen MR) is 133 cm³/mol. The molecule has 0 N–H and O–H groups in total. The maximum absolute atomic E-state index is 13.2. The van der Waals surface area contributed by atoms with E-state index in [1.165, 1.54) is 16.3 Å². The fraction of sp³-hybridized carbons (Fsp3) is 0.370. The molecule has 2 aromatic carbocycles. The van der Waals surface area contributed by atoms with Gasteiger partial charge in [-0.2, -0.15) is 5.10 Å². The molecular formula is C27H32N4O3. The van der Waals surface area contributed by atoms with Gasteiger partial charge in [0.25, 0.3) is 5.56 Å². The van der Waals surface area contributed by atoms with Crippen molar-refractivity contribution in [2.75, 3.05) is 39.3 Å². The van der Waals surface area contributed by atoms with Gasteiger partial charge in [-0.25, -0.2) is 4.68 Å². The van der Waals surface area contributed by atoms with E-state index in [9.17, 15) is 9.59 Å². The Bertz CT molecular complexity index is 1140. The van der Waals surface area contributed by atoms with Crippen molar-refractivity contribution in [2.24, 2.45) is 0 Å². The molecule has 1 unspecified atom stereocenters. The standard InChI is InChI=1S/C27H32N4O3/c1-3-34-24-11-9-23(10-12-24)25-13-14-26(32)31(28-25)21(2)27(33)30-19-17-29(18-20-30)16-15-22-7-5-4-6-8-22/h4-14,21H,3,15-20H2,1-2H3. The third-order valence-corrected chi connectivity index (χ3v) is 6.25. The van der Waals surface area contributed by atoms with Crippen LogP contribution < -0.4 is 10.3 Å². The number of piperazine rings is 1. The lowest BCUT2D eigenvalue weighted by Gasteiger charge is -2.36. The van der Waals surface area contributed by atoms with E-state index in [1.54, 1.807) is 13.0 Å². The van der Waals surface area contributed by atoms with Crippen LogP contribution in [-0.4, -0.2) is 64.8 Å². The Hall–Kier alpha value is -3.45. The summed E-state index contributed by atoms with van der Waals surface area (Å²) in [6, 6.07) is 20.5. The van der Waals surface area contributed by atoms with E-state index in [0.29, 0.717) is 25.4 Å². The smallest absolute Gasteiger partial charge is 0.267 e. The number of aromatic nitrogens is 2. The number of hydrogen-bond acceptors (Lipinski definition) is 5. The normalized spacial score (nSPS) is 15.2. The molecule has 1 aliphatic rings. The molecule has 2 heterocycles. The minimum absolute atomic E-state index is 0.0684. The zero-order valence-electron chi connectivity index (χ0n) is 19.9. The Morgan fingerprint density at radius 3 is 2.35 bits per heavy atom. The van der Waals surface area contributed by atoms with Gasteiger partial charge < -0.3 is 9.64 Å². The highest BCUT2D eigenvalue weighted by Crippen LogP contribution is 2.21. The van der Waals surface area contributed by atoms with E-state index < -0.39 is 6.04 Å². The van der Waals surface area contributed by atoms with Crippen molar-refractivity contribution in [3.8, 4) is 17.0 Å². The number of nitrogens with zero attached hydrogens (tertiary/aromatic N) is 4. The van der Waals surface area contributed by atoms with Crippen molar-refractivity contribution < 1.29 is 9.53 Å². The summed E-state index contributed by atoms with van der Waals surface area (Å²) in [5, 5.41) is 4.52. The number of ether oxygens (including phenoxy) is 1. The van der Waals surface area contributed by atoms with Crippen molar-refractivity contribution in [2.45, 2.75) is 26.3 Å². The molecule has 7 nitrogen and oxygen atoms in total. The molecule has 0 bridgehead atoms. The summed E-state index contributed by atoms with van der Waals surface area (Å²) in [6.07, 6.45) is 1.00. The van der Waals surface area contributed by atoms with Crippen LogP contribution in [0.15, 0.2) is 71.5 Å². The van der Waals surface area contributed by atoms with Crippen LogP contribution in [0, 0.1) is 0 Å². The number of amides is 1. The van der Waals surface area contributed by atoms with Crippen molar-refractivity contribution in [3.63, 3.8) is 0 Å². The van der Waals surface area contributed by atoms with Crippen LogP contribution in [0.2, 0.25) is 0 Å². The summed E-state index contributed by atoms with van der Waals surface area (Å²) in [5.41, 5.74) is 2.56. The molecule has 0 saturated carbocycles. The molecule has 1 amide bonds. The van der Waals surface area contributed by atoms with Crippen LogP contribution in [0.1, 0.15) is 25.5 Å². The first kappa shape index (κ1) is 23.7. The Labute approximate surface area is 200 Å². The number of hydrogen-bond donors (Lipinski definition) is 0. The molecule has 1 saturated heterocycles. The van der Waals surface area contributed by atoms with Crippen LogP contribution in [0.25, 0.3) is 11.3 Å². The average molecular weight is 461 g/mol. The Morgan fingerprint density at radius 2 is 1.68 bits per heavy atom. The molecule has 0 spiro atoms. The average Bonchev–Trinajstić information content (AvgIpc) is 2.88. The molecule has 1 aromatic heterocycles. The van der Waals surface area contributed by atoms with Crippen LogP contribution in [0.4, 0.5) is 0 Å². The highest BCUT2D eigenvalue weighted by Gasteiger charge is 2.27. The van der Waals surface area contributed by atoms with Gasteiger partial charge >= 0.3 is 0 Å². The maximum atomic E-state index is 13.2. The van der Waals surface area contributed by atoms with E-state index in [1.807, 2.05) is 42.2 Å². The third-order valence-electron chi connectivity index (χ3n) is 6.25. The summed E-state index contributed by atoms with van der Waals surface area (Å²) in [7, 11) is 0. The van der Waals surface area contributed by atoms with Crippen molar-refractivity contribution in [3.05, 3.63) is 82.6 Å². The highest BCUT2D eigenvalue weighted by molar-refractivity contribution is 5.80. The molecule has 1 fully saturated rings. The fourth-order valence-electron chi connectivity index (χ4n) is 4.24. The summed E-state index contributed by atoms with van der Waals surface area (Å²) in [6.45, 7) is 8.25. The monoisotopic (exact) mass is 460 g/mol. The lowest BCUT2D eigenvalue weighted by molar-refractivity contribution is -0.136. The van der Waals surface area contributed by atoms with Crippen LogP contribution >= 0.6 is 0 Å². The molecule has 3 aromatic rings. The molecule has 7 heteroatoms. The van der Waals surface area contributed by atoms with Crippen LogP contribution in [-0.2, 0) is 11.2 Å². The maximum Gasteiger partial charge on any atom is 0.267 e. The van der Waals surface area contributed by atoms with E-state index in [-0.39, 0.29) is 11.5 Å². The molecule has 34 heavy (non-hydrogen) atoms. The predicted octanol–water partition coefficient (Wildman–Crippen LogP) is 3.26. The molecular weight excluding hydrogens is 428 g/mol. The number of rotatable bonds is 8. The SMILES string of the molecule is CCOc1ccc(-c2ccc(=O)n(C(C)C(=O)N3CCN(CCc4ccccc4)CC3)n2)cc1. The van der Waals surface area contributed by atoms with Crippen LogP contribution in [0.5, 0.6) is 5.75 Å². The van der Waals surface area contributed by atoms with Crippen molar-refractivity contribution in [1.82, 2.24) is 19.6 Å². The summed E-state index contributed by atoms with van der Waals surface area (Å²) >= 11 is 0. The first-order valence-electron chi connectivity index (χ1n) is 11.9. The number of carbonyl (C=O) groups excluding carboxylic acids is 1. The summed E-state index contributed by atoms with van der Waals surface area (Å²) < 4.78 is 6.79. The second kappa shape index (κ2) is 11.1. The van der Waals surface area contributed by atoms with E-state index in [0.717, 1.165) is 37.4 Å². The van der Waals surface area contributed by atoms with E-state index in [2.05, 4.69) is 34.3 Å². The van der Waals surface area contributed by atoms with E-state index in [4.69, 9.17) is 4.74 Å². The van der Waals surface area contributed by atoms with Gasteiger partial charge in [-0.15, -0.1) is 0 Å². The second-order valence-corrected chi connectivity index (χ2v) is 8.54. The zero-order chi connectivity index (χ0) is 23.9. The van der Waals surface area contributed by atoms with Gasteiger partial charge in [0, 0.05) is 44.4 Å². The lowest BCUT2D eigenvalue weighted by Crippen LogP contribution is -2.51. The quantitative estimate of drug-likeness (QED) is 0.516. The lowest BCUT2D eigenvalue weighted by atomic mass is 10.1. The zero-order valence-corrected chi connectivity index (χ0v) is 19.9. The molecule has 4 rings (SSSR count). The topological polar surface area (TPSA) is 67.7 Å². The molecule has 1 aliphatic heterocycles. The first-order chi connectivity index (χ1) is 16.5. The fourth-order valence-corrected chi connectivity index (χ4v) is 4.24. The van der Waals surface area contributed by atoms with Gasteiger partial charge in [0.2, 0.25) is 5.91 Å². The minimum Gasteiger partial charge on any atom is -0.494 e. The number of benzene rings is 2. The molecule has 0 aliphatic carbocycles. The van der Waals surface area contributed by atoms with Gasteiger partial charge in [0.15, 0.2) is 0 Å². The van der Waals surface area contributed by atoms with Crippen LogP contribution in [0.3, 0.4) is 0 Å². The Balaban J connectivity index is 1.37. The molecule has 178 valence electrons. The number of carbonyl (C=O) groups is 1. The Kier molecular flexibility index (Phi) is 7.75.